The fourth-order valence-corrected chi connectivity index (χ4v) is 3.02. The van der Waals surface area contributed by atoms with Gasteiger partial charge in [-0.2, -0.15) is 0 Å². The molecule has 1 aromatic heterocycles. The van der Waals surface area contributed by atoms with Crippen molar-refractivity contribution in [3.8, 4) is 0 Å². The molecule has 0 atom stereocenters. The first-order chi connectivity index (χ1) is 14.0. The normalized spacial score (nSPS) is 10.8. The lowest BCUT2D eigenvalue weighted by Gasteiger charge is -2.28. The highest BCUT2D eigenvalue weighted by atomic mass is 19.1. The zero-order valence-electron chi connectivity index (χ0n) is 17.4. The van der Waals surface area contributed by atoms with Gasteiger partial charge in [0.05, 0.1) is 13.2 Å². The highest BCUT2D eigenvalue weighted by Gasteiger charge is 2.23. The van der Waals surface area contributed by atoms with Gasteiger partial charge in [0.25, 0.3) is 5.91 Å². The van der Waals surface area contributed by atoms with Gasteiger partial charge in [0.15, 0.2) is 0 Å². The Morgan fingerprint density at radius 1 is 1.14 bits per heavy atom. The van der Waals surface area contributed by atoms with Crippen molar-refractivity contribution in [2.24, 2.45) is 7.05 Å². The van der Waals surface area contributed by atoms with Crippen LogP contribution in [0.5, 0.6) is 0 Å². The molecule has 6 nitrogen and oxygen atoms in total. The summed E-state index contributed by atoms with van der Waals surface area (Å²) in [5.41, 5.74) is 1.24. The second-order valence-corrected chi connectivity index (χ2v) is 7.01. The van der Waals surface area contributed by atoms with E-state index in [-0.39, 0.29) is 23.9 Å². The summed E-state index contributed by atoms with van der Waals surface area (Å²) >= 11 is 0. The Morgan fingerprint density at radius 2 is 1.93 bits per heavy atom. The molecule has 0 aliphatic carbocycles. The molecule has 0 saturated carbocycles. The minimum atomic E-state index is -0.469. The molecule has 2 aromatic rings. The first kappa shape index (κ1) is 22.6. The molecule has 0 aliphatic heterocycles. The maximum Gasteiger partial charge on any atom is 0.254 e. The summed E-state index contributed by atoms with van der Waals surface area (Å²) in [4.78, 5) is 29.2. The van der Waals surface area contributed by atoms with Crippen molar-refractivity contribution < 1.29 is 18.7 Å². The highest BCUT2D eigenvalue weighted by molar-refractivity contribution is 5.96. The molecule has 1 aromatic carbocycles. The molecule has 0 radical (unpaired) electrons. The standard InChI is InChI=1S/C22H30FN3O3/c1-4-5-12-26(22(28)18-8-6-9-19(23)15-18)17-21(27)25(13-14-29-3)16-20-10-7-11-24(20)2/h6-11,15H,4-5,12-14,16-17H2,1-3H3. The van der Waals surface area contributed by atoms with Crippen LogP contribution in [0, 0.1) is 5.82 Å². The van der Waals surface area contributed by atoms with Crippen molar-refractivity contribution in [2.45, 2.75) is 26.3 Å². The first-order valence-electron chi connectivity index (χ1n) is 9.88. The Morgan fingerprint density at radius 3 is 2.55 bits per heavy atom. The lowest BCUT2D eigenvalue weighted by molar-refractivity contribution is -0.133. The molecular formula is C22H30FN3O3. The minimum absolute atomic E-state index is 0.0521. The zero-order valence-corrected chi connectivity index (χ0v) is 17.4. The lowest BCUT2D eigenvalue weighted by atomic mass is 10.1. The number of aryl methyl sites for hydroxylation is 1. The number of rotatable bonds is 11. The third-order valence-electron chi connectivity index (χ3n) is 4.79. The second-order valence-electron chi connectivity index (χ2n) is 7.01. The van der Waals surface area contributed by atoms with Crippen LogP contribution in [0.2, 0.25) is 0 Å². The molecule has 0 fully saturated rings. The summed E-state index contributed by atoms with van der Waals surface area (Å²) in [6.07, 6.45) is 3.58. The van der Waals surface area contributed by atoms with E-state index in [1.54, 1.807) is 18.1 Å². The van der Waals surface area contributed by atoms with Crippen molar-refractivity contribution in [3.63, 3.8) is 0 Å². The van der Waals surface area contributed by atoms with Crippen molar-refractivity contribution in [1.29, 1.82) is 0 Å². The van der Waals surface area contributed by atoms with Crippen LogP contribution in [0.25, 0.3) is 0 Å². The number of carbonyl (C=O) groups excluding carboxylic acids is 2. The fraction of sp³-hybridized carbons (Fsp3) is 0.455. The molecule has 7 heteroatoms. The number of amides is 2. The van der Waals surface area contributed by atoms with Crippen LogP contribution in [-0.4, -0.2) is 59.5 Å². The van der Waals surface area contributed by atoms with Gasteiger partial charge in [-0.05, 0) is 36.8 Å². The Balaban J connectivity index is 2.16. The van der Waals surface area contributed by atoms with Crippen molar-refractivity contribution in [2.75, 3.05) is 33.4 Å². The van der Waals surface area contributed by atoms with E-state index in [9.17, 15) is 14.0 Å². The predicted molar refractivity (Wildman–Crippen MR) is 110 cm³/mol. The van der Waals surface area contributed by atoms with Crippen molar-refractivity contribution in [3.05, 3.63) is 59.7 Å². The minimum Gasteiger partial charge on any atom is -0.383 e. The van der Waals surface area contributed by atoms with Gasteiger partial charge in [0, 0.05) is 44.7 Å². The summed E-state index contributed by atoms with van der Waals surface area (Å²) < 4.78 is 20.7. The maximum absolute atomic E-state index is 13.6. The third-order valence-corrected chi connectivity index (χ3v) is 4.79. The Bertz CT molecular complexity index is 806. The van der Waals surface area contributed by atoms with Gasteiger partial charge in [-0.1, -0.05) is 19.4 Å². The average molecular weight is 403 g/mol. The number of ether oxygens (including phenoxy) is 1. The molecule has 2 rings (SSSR count). The molecule has 2 amide bonds. The van der Waals surface area contributed by atoms with Gasteiger partial charge >= 0.3 is 0 Å². The Labute approximate surface area is 171 Å². The van der Waals surface area contributed by atoms with E-state index in [1.807, 2.05) is 36.9 Å². The number of hydrogen-bond donors (Lipinski definition) is 0. The van der Waals surface area contributed by atoms with E-state index in [1.165, 1.54) is 23.1 Å². The number of methoxy groups -OCH3 is 1. The van der Waals surface area contributed by atoms with Gasteiger partial charge in [0.2, 0.25) is 5.91 Å². The van der Waals surface area contributed by atoms with Gasteiger partial charge in [-0.25, -0.2) is 4.39 Å². The van der Waals surface area contributed by atoms with E-state index < -0.39 is 5.82 Å². The molecule has 0 N–H and O–H groups in total. The van der Waals surface area contributed by atoms with Crippen LogP contribution in [0.4, 0.5) is 4.39 Å². The molecule has 29 heavy (non-hydrogen) atoms. The highest BCUT2D eigenvalue weighted by Crippen LogP contribution is 2.11. The van der Waals surface area contributed by atoms with Crippen LogP contribution in [-0.2, 0) is 23.1 Å². The molecule has 0 unspecified atom stereocenters. The summed E-state index contributed by atoms with van der Waals surface area (Å²) in [6, 6.07) is 9.46. The number of carbonyl (C=O) groups is 2. The van der Waals surface area contributed by atoms with Crippen LogP contribution in [0.1, 0.15) is 35.8 Å². The molecule has 0 spiro atoms. The van der Waals surface area contributed by atoms with E-state index in [0.717, 1.165) is 18.5 Å². The van der Waals surface area contributed by atoms with Gasteiger partial charge in [-0.15, -0.1) is 0 Å². The quantitative estimate of drug-likeness (QED) is 0.579. The topological polar surface area (TPSA) is 54.8 Å². The van der Waals surface area contributed by atoms with Gasteiger partial charge in [0.1, 0.15) is 12.4 Å². The summed E-state index contributed by atoms with van der Waals surface area (Å²) in [5, 5.41) is 0. The van der Waals surface area contributed by atoms with Crippen LogP contribution in [0.3, 0.4) is 0 Å². The fourth-order valence-electron chi connectivity index (χ4n) is 3.02. The maximum atomic E-state index is 13.6. The third kappa shape index (κ3) is 6.71. The molecular weight excluding hydrogens is 373 g/mol. The van der Waals surface area contributed by atoms with Crippen LogP contribution < -0.4 is 0 Å². The molecule has 0 bridgehead atoms. The van der Waals surface area contributed by atoms with Crippen molar-refractivity contribution in [1.82, 2.24) is 14.4 Å². The molecule has 0 aliphatic rings. The monoisotopic (exact) mass is 403 g/mol. The first-order valence-corrected chi connectivity index (χ1v) is 9.88. The van der Waals surface area contributed by atoms with E-state index >= 15 is 0 Å². The molecule has 158 valence electrons. The largest absolute Gasteiger partial charge is 0.383 e. The van der Waals surface area contributed by atoms with Crippen LogP contribution in [0.15, 0.2) is 42.6 Å². The van der Waals surface area contributed by atoms with E-state index in [0.29, 0.717) is 26.2 Å². The predicted octanol–water partition coefficient (Wildman–Crippen LogP) is 3.08. The number of nitrogens with zero attached hydrogens (tertiary/aromatic N) is 3. The van der Waals surface area contributed by atoms with E-state index in [4.69, 9.17) is 4.74 Å². The smallest absolute Gasteiger partial charge is 0.254 e. The molecule has 1 heterocycles. The summed E-state index contributed by atoms with van der Waals surface area (Å²) in [7, 11) is 3.52. The number of aromatic nitrogens is 1. The van der Waals surface area contributed by atoms with Gasteiger partial charge < -0.3 is 19.1 Å². The van der Waals surface area contributed by atoms with Crippen molar-refractivity contribution >= 4 is 11.8 Å². The molecule has 0 saturated heterocycles. The average Bonchev–Trinajstić information content (AvgIpc) is 3.12. The number of hydrogen-bond acceptors (Lipinski definition) is 3. The zero-order chi connectivity index (χ0) is 21.2. The Kier molecular flexibility index (Phi) is 8.86. The lowest BCUT2D eigenvalue weighted by Crippen LogP contribution is -2.44. The Hall–Kier alpha value is -2.67. The summed E-state index contributed by atoms with van der Waals surface area (Å²) in [5.74, 6) is -0.969. The number of unbranched alkanes of at least 4 members (excludes halogenated alkanes) is 1. The second kappa shape index (κ2) is 11.4. The van der Waals surface area contributed by atoms with E-state index in [2.05, 4.69) is 0 Å². The number of benzene rings is 1. The van der Waals surface area contributed by atoms with Gasteiger partial charge in [-0.3, -0.25) is 9.59 Å². The SMILES string of the molecule is CCCCN(CC(=O)N(CCOC)Cc1cccn1C)C(=O)c1cccc(F)c1. The number of halogens is 1. The summed E-state index contributed by atoms with van der Waals surface area (Å²) in [6.45, 7) is 3.68. The van der Waals surface area contributed by atoms with Crippen LogP contribution >= 0.6 is 0 Å².